The summed E-state index contributed by atoms with van der Waals surface area (Å²) in [6.07, 6.45) is 5.60. The van der Waals surface area contributed by atoms with Gasteiger partial charge in [0.05, 0.1) is 0 Å². The Kier molecular flexibility index (Phi) is 4.90. The highest BCUT2D eigenvalue weighted by atomic mass is 15.1. The van der Waals surface area contributed by atoms with Crippen molar-refractivity contribution in [3.05, 3.63) is 0 Å². The van der Waals surface area contributed by atoms with Crippen LogP contribution in [-0.4, -0.2) is 31.1 Å². The van der Waals surface area contributed by atoms with Gasteiger partial charge in [-0.15, -0.1) is 0 Å². The fraction of sp³-hybridized carbons (Fsp3) is 1.00. The van der Waals surface area contributed by atoms with E-state index in [1.54, 1.807) is 0 Å². The molecule has 2 N–H and O–H groups in total. The summed E-state index contributed by atoms with van der Waals surface area (Å²) in [5.41, 5.74) is 5.59. The SMILES string of the molecule is CC(C)C1CCCC(N(C)CCN)C1. The van der Waals surface area contributed by atoms with Gasteiger partial charge in [-0.05, 0) is 31.7 Å². The number of rotatable bonds is 4. The van der Waals surface area contributed by atoms with Crippen LogP contribution >= 0.6 is 0 Å². The summed E-state index contributed by atoms with van der Waals surface area (Å²) in [6, 6.07) is 0.791. The van der Waals surface area contributed by atoms with Crippen LogP contribution in [-0.2, 0) is 0 Å². The fourth-order valence-corrected chi connectivity index (χ4v) is 2.59. The summed E-state index contributed by atoms with van der Waals surface area (Å²) in [6.45, 7) is 6.56. The summed E-state index contributed by atoms with van der Waals surface area (Å²) in [5.74, 6) is 1.79. The highest BCUT2D eigenvalue weighted by Gasteiger charge is 2.25. The minimum Gasteiger partial charge on any atom is -0.329 e. The van der Waals surface area contributed by atoms with Gasteiger partial charge in [0.2, 0.25) is 0 Å². The molecule has 1 fully saturated rings. The monoisotopic (exact) mass is 198 g/mol. The molecule has 1 rings (SSSR count). The number of hydrogen-bond donors (Lipinski definition) is 1. The molecule has 2 heteroatoms. The molecule has 2 unspecified atom stereocenters. The van der Waals surface area contributed by atoms with Gasteiger partial charge in [-0.2, -0.15) is 0 Å². The fourth-order valence-electron chi connectivity index (χ4n) is 2.59. The molecule has 84 valence electrons. The van der Waals surface area contributed by atoms with Crippen molar-refractivity contribution in [2.75, 3.05) is 20.1 Å². The third-order valence-electron chi connectivity index (χ3n) is 3.74. The van der Waals surface area contributed by atoms with Gasteiger partial charge in [0.25, 0.3) is 0 Å². The van der Waals surface area contributed by atoms with Crippen molar-refractivity contribution in [3.63, 3.8) is 0 Å². The summed E-state index contributed by atoms with van der Waals surface area (Å²) >= 11 is 0. The zero-order valence-electron chi connectivity index (χ0n) is 10.00. The van der Waals surface area contributed by atoms with E-state index in [0.717, 1.165) is 31.0 Å². The molecule has 0 aromatic carbocycles. The molecule has 0 heterocycles. The summed E-state index contributed by atoms with van der Waals surface area (Å²) < 4.78 is 0. The van der Waals surface area contributed by atoms with Crippen LogP contribution in [0.25, 0.3) is 0 Å². The predicted molar refractivity (Wildman–Crippen MR) is 62.3 cm³/mol. The van der Waals surface area contributed by atoms with E-state index in [1.165, 1.54) is 25.7 Å². The van der Waals surface area contributed by atoms with Crippen molar-refractivity contribution < 1.29 is 0 Å². The molecule has 0 bridgehead atoms. The number of likely N-dealkylation sites (N-methyl/N-ethyl adjacent to an activating group) is 1. The lowest BCUT2D eigenvalue weighted by molar-refractivity contribution is 0.140. The summed E-state index contributed by atoms with van der Waals surface area (Å²) in [7, 11) is 2.22. The van der Waals surface area contributed by atoms with Crippen molar-refractivity contribution in [3.8, 4) is 0 Å². The van der Waals surface area contributed by atoms with Crippen LogP contribution < -0.4 is 5.73 Å². The van der Waals surface area contributed by atoms with Gasteiger partial charge in [-0.3, -0.25) is 0 Å². The smallest absolute Gasteiger partial charge is 0.0104 e. The molecule has 1 aliphatic carbocycles. The Morgan fingerprint density at radius 3 is 2.64 bits per heavy atom. The Hall–Kier alpha value is -0.0800. The van der Waals surface area contributed by atoms with Crippen LogP contribution in [0, 0.1) is 11.8 Å². The molecule has 0 spiro atoms. The minimum absolute atomic E-state index is 0.791. The molecule has 0 aliphatic heterocycles. The lowest BCUT2D eigenvalue weighted by Gasteiger charge is -2.36. The highest BCUT2D eigenvalue weighted by Crippen LogP contribution is 2.31. The quantitative estimate of drug-likeness (QED) is 0.749. The average molecular weight is 198 g/mol. The molecule has 14 heavy (non-hydrogen) atoms. The third-order valence-corrected chi connectivity index (χ3v) is 3.74. The standard InChI is InChI=1S/C12H26N2/c1-10(2)11-5-4-6-12(9-11)14(3)8-7-13/h10-12H,4-9,13H2,1-3H3. The van der Waals surface area contributed by atoms with E-state index in [2.05, 4.69) is 25.8 Å². The molecule has 0 saturated heterocycles. The first kappa shape index (κ1) is 12.0. The number of nitrogens with zero attached hydrogens (tertiary/aromatic N) is 1. The van der Waals surface area contributed by atoms with Crippen LogP contribution in [0.2, 0.25) is 0 Å². The van der Waals surface area contributed by atoms with Crippen LogP contribution in [0.5, 0.6) is 0 Å². The van der Waals surface area contributed by atoms with Crippen molar-refractivity contribution in [2.45, 2.75) is 45.6 Å². The van der Waals surface area contributed by atoms with E-state index in [0.29, 0.717) is 0 Å². The van der Waals surface area contributed by atoms with Crippen molar-refractivity contribution in [1.82, 2.24) is 4.90 Å². The number of nitrogens with two attached hydrogens (primary N) is 1. The topological polar surface area (TPSA) is 29.3 Å². The van der Waals surface area contributed by atoms with E-state index in [1.807, 2.05) is 0 Å². The molecular formula is C12H26N2. The first-order chi connectivity index (χ1) is 6.65. The van der Waals surface area contributed by atoms with Gasteiger partial charge >= 0.3 is 0 Å². The molecule has 2 nitrogen and oxygen atoms in total. The summed E-state index contributed by atoms with van der Waals surface area (Å²) in [5, 5.41) is 0. The zero-order valence-corrected chi connectivity index (χ0v) is 10.00. The Morgan fingerprint density at radius 1 is 1.36 bits per heavy atom. The van der Waals surface area contributed by atoms with Crippen LogP contribution in [0.3, 0.4) is 0 Å². The van der Waals surface area contributed by atoms with E-state index in [9.17, 15) is 0 Å². The Morgan fingerprint density at radius 2 is 2.07 bits per heavy atom. The Bertz CT molecular complexity index is 156. The van der Waals surface area contributed by atoms with E-state index in [-0.39, 0.29) is 0 Å². The molecule has 0 aromatic rings. The lowest BCUT2D eigenvalue weighted by atomic mass is 9.79. The van der Waals surface area contributed by atoms with Gasteiger partial charge in [0.15, 0.2) is 0 Å². The second kappa shape index (κ2) is 5.72. The zero-order chi connectivity index (χ0) is 10.6. The second-order valence-electron chi connectivity index (χ2n) is 5.09. The number of hydrogen-bond acceptors (Lipinski definition) is 2. The molecule has 0 radical (unpaired) electrons. The Labute approximate surface area is 88.8 Å². The van der Waals surface area contributed by atoms with Gasteiger partial charge in [-0.25, -0.2) is 0 Å². The summed E-state index contributed by atoms with van der Waals surface area (Å²) in [4.78, 5) is 2.45. The Balaban J connectivity index is 2.39. The minimum atomic E-state index is 0.791. The highest BCUT2D eigenvalue weighted by molar-refractivity contribution is 4.80. The van der Waals surface area contributed by atoms with Crippen molar-refractivity contribution in [1.29, 1.82) is 0 Å². The van der Waals surface area contributed by atoms with E-state index >= 15 is 0 Å². The lowest BCUT2D eigenvalue weighted by Crippen LogP contribution is -2.39. The first-order valence-corrected chi connectivity index (χ1v) is 6.05. The average Bonchev–Trinajstić information content (AvgIpc) is 2.18. The normalized spacial score (nSPS) is 28.7. The molecule has 0 amide bonds. The maximum Gasteiger partial charge on any atom is 0.0104 e. The third kappa shape index (κ3) is 3.25. The maximum atomic E-state index is 5.59. The first-order valence-electron chi connectivity index (χ1n) is 6.05. The van der Waals surface area contributed by atoms with Crippen LogP contribution in [0.1, 0.15) is 39.5 Å². The van der Waals surface area contributed by atoms with Crippen molar-refractivity contribution in [2.24, 2.45) is 17.6 Å². The van der Waals surface area contributed by atoms with E-state index in [4.69, 9.17) is 5.73 Å². The van der Waals surface area contributed by atoms with Gasteiger partial charge in [0.1, 0.15) is 0 Å². The molecular weight excluding hydrogens is 172 g/mol. The molecule has 2 atom stereocenters. The maximum absolute atomic E-state index is 5.59. The van der Waals surface area contributed by atoms with E-state index < -0.39 is 0 Å². The molecule has 1 aliphatic rings. The molecule has 0 aromatic heterocycles. The van der Waals surface area contributed by atoms with Gasteiger partial charge in [0, 0.05) is 19.1 Å². The largest absolute Gasteiger partial charge is 0.329 e. The van der Waals surface area contributed by atoms with Gasteiger partial charge < -0.3 is 10.6 Å². The van der Waals surface area contributed by atoms with Crippen LogP contribution in [0.4, 0.5) is 0 Å². The second-order valence-corrected chi connectivity index (χ2v) is 5.09. The molecule has 1 saturated carbocycles. The van der Waals surface area contributed by atoms with Crippen LogP contribution in [0.15, 0.2) is 0 Å². The van der Waals surface area contributed by atoms with Gasteiger partial charge in [-0.1, -0.05) is 26.7 Å². The van der Waals surface area contributed by atoms with Crippen molar-refractivity contribution >= 4 is 0 Å². The predicted octanol–water partition coefficient (Wildman–Crippen LogP) is 2.09.